The van der Waals surface area contributed by atoms with Crippen LogP contribution in [0, 0.1) is 0 Å². The summed E-state index contributed by atoms with van der Waals surface area (Å²) < 4.78 is 5.20. The van der Waals surface area contributed by atoms with E-state index in [1.807, 2.05) is 78.9 Å². The monoisotopic (exact) mass is 395 g/mol. The molecule has 0 saturated heterocycles. The Bertz CT molecular complexity index is 1140. The van der Waals surface area contributed by atoms with E-state index in [1.165, 1.54) is 6.92 Å². The van der Waals surface area contributed by atoms with Crippen LogP contribution in [0.2, 0.25) is 0 Å². The highest BCUT2D eigenvalue weighted by Gasteiger charge is 2.30. The van der Waals surface area contributed by atoms with Crippen molar-refractivity contribution in [2.24, 2.45) is 0 Å². The Morgan fingerprint density at radius 1 is 0.900 bits per heavy atom. The number of carbonyl (C=O) groups excluding carboxylic acids is 2. The van der Waals surface area contributed by atoms with E-state index < -0.39 is 0 Å². The minimum Gasteiger partial charge on any atom is -0.497 e. The van der Waals surface area contributed by atoms with Gasteiger partial charge >= 0.3 is 0 Å². The van der Waals surface area contributed by atoms with Crippen LogP contribution in [0.15, 0.2) is 90.5 Å². The summed E-state index contributed by atoms with van der Waals surface area (Å²) >= 11 is 0. The van der Waals surface area contributed by atoms with Crippen LogP contribution in [-0.2, 0) is 4.79 Å². The molecule has 4 nitrogen and oxygen atoms in total. The quantitative estimate of drug-likeness (QED) is 0.431. The second kappa shape index (κ2) is 8.21. The number of hydrogen-bond acceptors (Lipinski definition) is 3. The Morgan fingerprint density at radius 3 is 2.17 bits per heavy atom. The van der Waals surface area contributed by atoms with Crippen LogP contribution in [0.5, 0.6) is 5.75 Å². The van der Waals surface area contributed by atoms with E-state index in [0.29, 0.717) is 11.1 Å². The molecule has 3 aromatic carbocycles. The molecule has 0 bridgehead atoms. The van der Waals surface area contributed by atoms with Crippen LogP contribution in [0.25, 0.3) is 11.8 Å². The van der Waals surface area contributed by atoms with Crippen molar-refractivity contribution in [2.75, 3.05) is 12.0 Å². The first kappa shape index (κ1) is 19.4. The molecule has 30 heavy (non-hydrogen) atoms. The molecule has 0 atom stereocenters. The molecule has 0 aromatic heterocycles. The minimum absolute atomic E-state index is 0.00628. The maximum Gasteiger partial charge on any atom is 0.262 e. The third-order valence-corrected chi connectivity index (χ3v) is 5.02. The fourth-order valence-electron chi connectivity index (χ4n) is 3.42. The van der Waals surface area contributed by atoms with Crippen LogP contribution >= 0.6 is 0 Å². The third kappa shape index (κ3) is 3.80. The summed E-state index contributed by atoms with van der Waals surface area (Å²) in [5.41, 5.74) is 4.59. The predicted molar refractivity (Wildman–Crippen MR) is 119 cm³/mol. The Balaban J connectivity index is 1.76. The fourth-order valence-corrected chi connectivity index (χ4v) is 3.42. The maximum absolute atomic E-state index is 13.3. The Hall–Kier alpha value is -3.92. The lowest BCUT2D eigenvalue weighted by atomic mass is 10.1. The summed E-state index contributed by atoms with van der Waals surface area (Å²) in [4.78, 5) is 26.7. The minimum atomic E-state index is -0.111. The van der Waals surface area contributed by atoms with E-state index in [-0.39, 0.29) is 11.7 Å². The van der Waals surface area contributed by atoms with Crippen LogP contribution < -0.4 is 9.64 Å². The predicted octanol–water partition coefficient (Wildman–Crippen LogP) is 5.37. The van der Waals surface area contributed by atoms with Crippen LogP contribution in [0.3, 0.4) is 0 Å². The zero-order valence-electron chi connectivity index (χ0n) is 16.8. The molecule has 0 aliphatic carbocycles. The molecule has 3 aromatic rings. The van der Waals surface area contributed by atoms with Gasteiger partial charge < -0.3 is 4.74 Å². The van der Waals surface area contributed by atoms with Gasteiger partial charge in [0.2, 0.25) is 0 Å². The largest absolute Gasteiger partial charge is 0.497 e. The zero-order chi connectivity index (χ0) is 21.1. The Morgan fingerprint density at radius 2 is 1.57 bits per heavy atom. The summed E-state index contributed by atoms with van der Waals surface area (Å²) in [6, 6.07) is 24.5. The molecule has 1 heterocycles. The van der Waals surface area contributed by atoms with Crippen LogP contribution in [0.4, 0.5) is 5.69 Å². The lowest BCUT2D eigenvalue weighted by Crippen LogP contribution is -2.25. The molecule has 0 unspecified atom stereocenters. The summed E-state index contributed by atoms with van der Waals surface area (Å²) in [5, 5.41) is 0. The summed E-state index contributed by atoms with van der Waals surface area (Å²) in [7, 11) is 1.62. The van der Waals surface area contributed by atoms with Crippen LogP contribution in [0.1, 0.15) is 28.4 Å². The lowest BCUT2D eigenvalue weighted by molar-refractivity contribution is -0.113. The van der Waals surface area contributed by atoms with Crippen molar-refractivity contribution in [2.45, 2.75) is 6.92 Å². The molecule has 4 rings (SSSR count). The van der Waals surface area contributed by atoms with Gasteiger partial charge in [0.05, 0.1) is 12.8 Å². The molecule has 0 fully saturated rings. The van der Waals surface area contributed by atoms with Crippen LogP contribution in [-0.4, -0.2) is 18.8 Å². The molecule has 1 amide bonds. The van der Waals surface area contributed by atoms with Gasteiger partial charge in [0.25, 0.3) is 5.91 Å². The van der Waals surface area contributed by atoms with Gasteiger partial charge in [0.15, 0.2) is 5.78 Å². The van der Waals surface area contributed by atoms with Crippen molar-refractivity contribution in [1.82, 2.24) is 0 Å². The molecule has 4 heteroatoms. The topological polar surface area (TPSA) is 46.6 Å². The van der Waals surface area contributed by atoms with Crippen molar-refractivity contribution in [1.29, 1.82) is 0 Å². The summed E-state index contributed by atoms with van der Waals surface area (Å²) in [6.07, 6.45) is 3.77. The fraction of sp³-hybridized carbons (Fsp3) is 0.0769. The third-order valence-electron chi connectivity index (χ3n) is 5.02. The highest BCUT2D eigenvalue weighted by atomic mass is 16.5. The van der Waals surface area contributed by atoms with Crippen molar-refractivity contribution < 1.29 is 14.3 Å². The number of Topliss-reactive ketones (excluding diaryl/α,β-unsaturated/α-hetero) is 1. The smallest absolute Gasteiger partial charge is 0.262 e. The molecule has 1 aliphatic heterocycles. The van der Waals surface area contributed by atoms with Gasteiger partial charge in [-0.05, 0) is 66.6 Å². The van der Waals surface area contributed by atoms with E-state index in [1.54, 1.807) is 24.1 Å². The summed E-state index contributed by atoms with van der Waals surface area (Å²) in [6.45, 7) is 1.53. The number of rotatable bonds is 5. The molecule has 0 N–H and O–H groups in total. The number of methoxy groups -OCH3 is 1. The van der Waals surface area contributed by atoms with Crippen molar-refractivity contribution >= 4 is 29.2 Å². The van der Waals surface area contributed by atoms with Crippen molar-refractivity contribution in [3.63, 3.8) is 0 Å². The van der Waals surface area contributed by atoms with E-state index in [4.69, 9.17) is 4.74 Å². The lowest BCUT2D eigenvalue weighted by Gasteiger charge is -2.21. The molecule has 148 valence electrons. The average Bonchev–Trinajstić information content (AvgIpc) is 3.11. The van der Waals surface area contributed by atoms with E-state index in [2.05, 4.69) is 0 Å². The number of benzene rings is 3. The van der Waals surface area contributed by atoms with Crippen molar-refractivity contribution in [3.05, 3.63) is 107 Å². The first-order valence-electron chi connectivity index (χ1n) is 9.65. The molecular formula is C26H21NO3. The number of carbonyl (C=O) groups is 2. The second-order valence-electron chi connectivity index (χ2n) is 7.01. The SMILES string of the molecule is COc1ccc(/C=C2\C=C(c3ccccc3)N(c3ccc(C(C)=O)cc3)C2=O)cc1. The second-order valence-corrected chi connectivity index (χ2v) is 7.01. The maximum atomic E-state index is 13.3. The van der Waals surface area contributed by atoms with Crippen molar-refractivity contribution in [3.8, 4) is 5.75 Å². The van der Waals surface area contributed by atoms with Gasteiger partial charge in [-0.3, -0.25) is 14.5 Å². The van der Waals surface area contributed by atoms with E-state index >= 15 is 0 Å². The number of hydrogen-bond donors (Lipinski definition) is 0. The number of ketones is 1. The van der Waals surface area contributed by atoms with Gasteiger partial charge in [-0.2, -0.15) is 0 Å². The molecule has 1 aliphatic rings. The van der Waals surface area contributed by atoms with E-state index in [0.717, 1.165) is 28.3 Å². The first-order valence-corrected chi connectivity index (χ1v) is 9.65. The van der Waals surface area contributed by atoms with Gasteiger partial charge in [-0.15, -0.1) is 0 Å². The number of amides is 1. The average molecular weight is 395 g/mol. The number of nitrogens with zero attached hydrogens (tertiary/aromatic N) is 1. The molecule has 0 radical (unpaired) electrons. The van der Waals surface area contributed by atoms with Gasteiger partial charge in [-0.25, -0.2) is 0 Å². The summed E-state index contributed by atoms with van der Waals surface area (Å²) in [5.74, 6) is 0.649. The van der Waals surface area contributed by atoms with Gasteiger partial charge in [-0.1, -0.05) is 42.5 Å². The highest BCUT2D eigenvalue weighted by molar-refractivity contribution is 6.23. The van der Waals surface area contributed by atoms with E-state index in [9.17, 15) is 9.59 Å². The molecular weight excluding hydrogens is 374 g/mol. The first-order chi connectivity index (χ1) is 14.6. The Labute approximate surface area is 175 Å². The number of anilines is 1. The van der Waals surface area contributed by atoms with Gasteiger partial charge in [0, 0.05) is 16.8 Å². The standard InChI is InChI=1S/C26H21NO3/c1-18(28)20-10-12-23(13-11-20)27-25(21-6-4-3-5-7-21)17-22(26(27)29)16-19-8-14-24(30-2)15-9-19/h3-17H,1-2H3/b22-16+. The highest BCUT2D eigenvalue weighted by Crippen LogP contribution is 2.35. The molecule has 0 saturated carbocycles. The Kier molecular flexibility index (Phi) is 5.31. The molecule has 0 spiro atoms. The zero-order valence-corrected chi connectivity index (χ0v) is 16.8. The normalized spacial score (nSPS) is 14.7. The number of ether oxygens (including phenoxy) is 1. The van der Waals surface area contributed by atoms with Gasteiger partial charge in [0.1, 0.15) is 5.75 Å².